The van der Waals surface area contributed by atoms with E-state index in [1.807, 2.05) is 0 Å². The fraction of sp³-hybridized carbons (Fsp3) is 0.609. The average Bonchev–Trinajstić information content (AvgIpc) is 3.56. The number of likely N-dealkylation sites (tertiary alicyclic amines) is 1. The summed E-state index contributed by atoms with van der Waals surface area (Å²) in [6, 6.07) is 5.92. The van der Waals surface area contributed by atoms with Gasteiger partial charge in [0.25, 0.3) is 17.7 Å². The Bertz CT molecular complexity index is 834. The molecule has 0 spiro atoms. The van der Waals surface area contributed by atoms with Crippen molar-refractivity contribution in [3.05, 3.63) is 34.9 Å². The summed E-state index contributed by atoms with van der Waals surface area (Å²) in [6.45, 7) is 2.09. The lowest BCUT2D eigenvalue weighted by Gasteiger charge is -2.32. The maximum absolute atomic E-state index is 12.9. The van der Waals surface area contributed by atoms with Crippen LogP contribution in [0.4, 0.5) is 0 Å². The minimum absolute atomic E-state index is 0.00470. The summed E-state index contributed by atoms with van der Waals surface area (Å²) in [5.74, 6) is -0.574. The van der Waals surface area contributed by atoms with Crippen LogP contribution in [0.2, 0.25) is 0 Å². The molecule has 2 aliphatic carbocycles. The van der Waals surface area contributed by atoms with Gasteiger partial charge in [0.05, 0.1) is 11.1 Å². The van der Waals surface area contributed by atoms with Crippen LogP contribution in [0.5, 0.6) is 0 Å². The third kappa shape index (κ3) is 3.59. The fourth-order valence-electron chi connectivity index (χ4n) is 5.19. The summed E-state index contributed by atoms with van der Waals surface area (Å²) in [5, 5.41) is 3.13. The zero-order valence-corrected chi connectivity index (χ0v) is 16.9. The Balaban J connectivity index is 1.26. The molecule has 0 radical (unpaired) electrons. The monoisotopic (exact) mass is 395 g/mol. The van der Waals surface area contributed by atoms with Gasteiger partial charge in [-0.2, -0.15) is 0 Å². The second kappa shape index (κ2) is 7.56. The highest BCUT2D eigenvalue weighted by Crippen LogP contribution is 2.32. The minimum atomic E-state index is -0.232. The Morgan fingerprint density at radius 3 is 2.21 bits per heavy atom. The first-order chi connectivity index (χ1) is 14.1. The van der Waals surface area contributed by atoms with Crippen molar-refractivity contribution < 1.29 is 14.4 Å². The van der Waals surface area contributed by atoms with E-state index in [1.165, 1.54) is 24.2 Å². The third-order valence-electron chi connectivity index (χ3n) is 7.05. The second-order valence-electron chi connectivity index (χ2n) is 9.05. The van der Waals surface area contributed by atoms with Crippen LogP contribution in [0, 0.1) is 0 Å². The zero-order chi connectivity index (χ0) is 20.0. The van der Waals surface area contributed by atoms with Gasteiger partial charge in [0, 0.05) is 36.8 Å². The topological polar surface area (TPSA) is 69.7 Å². The van der Waals surface area contributed by atoms with E-state index >= 15 is 0 Å². The number of nitrogens with one attached hydrogen (secondary N) is 1. The molecule has 2 aliphatic heterocycles. The summed E-state index contributed by atoms with van der Waals surface area (Å²) < 4.78 is 0. The predicted octanol–water partition coefficient (Wildman–Crippen LogP) is 2.97. The van der Waals surface area contributed by atoms with E-state index < -0.39 is 0 Å². The van der Waals surface area contributed by atoms with Crippen molar-refractivity contribution >= 4 is 17.7 Å². The van der Waals surface area contributed by atoms with Crippen molar-refractivity contribution in [1.82, 2.24) is 15.1 Å². The van der Waals surface area contributed by atoms with Gasteiger partial charge in [0.15, 0.2) is 0 Å². The molecule has 3 amide bonds. The number of amides is 3. The molecule has 6 heteroatoms. The van der Waals surface area contributed by atoms with Gasteiger partial charge >= 0.3 is 0 Å². The molecule has 1 aromatic rings. The van der Waals surface area contributed by atoms with Crippen LogP contribution in [-0.2, 0) is 0 Å². The molecule has 1 aromatic carbocycles. The first kappa shape index (κ1) is 18.8. The summed E-state index contributed by atoms with van der Waals surface area (Å²) in [4.78, 5) is 42.5. The maximum Gasteiger partial charge on any atom is 0.261 e. The van der Waals surface area contributed by atoms with Crippen LogP contribution in [0.15, 0.2) is 18.2 Å². The molecule has 0 atom stereocenters. The smallest absolute Gasteiger partial charge is 0.261 e. The van der Waals surface area contributed by atoms with Crippen molar-refractivity contribution in [3.8, 4) is 0 Å². The summed E-state index contributed by atoms with van der Waals surface area (Å²) >= 11 is 0. The molecular formula is C23H29N3O3. The molecule has 0 bridgehead atoms. The van der Waals surface area contributed by atoms with Gasteiger partial charge in [-0.1, -0.05) is 19.3 Å². The molecule has 2 saturated carbocycles. The SMILES string of the molecule is O=C(NC1CCN(C2CC2)CC1)c1ccc2c(c1)C(=O)N(C1CCCCC1)C2=O. The van der Waals surface area contributed by atoms with E-state index in [2.05, 4.69) is 10.2 Å². The molecule has 1 N–H and O–H groups in total. The minimum Gasteiger partial charge on any atom is -0.349 e. The quantitative estimate of drug-likeness (QED) is 0.796. The number of carbonyl (C=O) groups is 3. The van der Waals surface area contributed by atoms with Crippen LogP contribution in [0.1, 0.15) is 88.9 Å². The molecule has 0 aromatic heterocycles. The van der Waals surface area contributed by atoms with Gasteiger partial charge in [-0.3, -0.25) is 19.3 Å². The van der Waals surface area contributed by atoms with E-state index in [0.717, 1.165) is 57.7 Å². The largest absolute Gasteiger partial charge is 0.349 e. The number of hydrogen-bond acceptors (Lipinski definition) is 4. The lowest BCUT2D eigenvalue weighted by atomic mass is 9.94. The van der Waals surface area contributed by atoms with E-state index in [0.29, 0.717) is 16.7 Å². The molecule has 6 nitrogen and oxygen atoms in total. The van der Waals surface area contributed by atoms with Crippen molar-refractivity contribution in [2.24, 2.45) is 0 Å². The predicted molar refractivity (Wildman–Crippen MR) is 109 cm³/mol. The van der Waals surface area contributed by atoms with Gasteiger partial charge in [0.1, 0.15) is 0 Å². The molecule has 3 fully saturated rings. The van der Waals surface area contributed by atoms with Crippen molar-refractivity contribution in [2.75, 3.05) is 13.1 Å². The summed E-state index contributed by atoms with van der Waals surface area (Å²) in [6.07, 6.45) is 9.64. The van der Waals surface area contributed by atoms with Gasteiger partial charge in [-0.05, 0) is 56.7 Å². The standard InChI is InChI=1S/C23H29N3O3/c27-21(24-16-10-12-25(13-11-16)17-7-8-17)15-6-9-19-20(14-15)23(29)26(22(19)28)18-4-2-1-3-5-18/h6,9,14,16-18H,1-5,7-8,10-13H2,(H,24,27). The van der Waals surface area contributed by atoms with Crippen LogP contribution < -0.4 is 5.32 Å². The summed E-state index contributed by atoms with van der Waals surface area (Å²) in [7, 11) is 0. The fourth-order valence-corrected chi connectivity index (χ4v) is 5.19. The van der Waals surface area contributed by atoms with E-state index in [-0.39, 0.29) is 29.8 Å². The number of rotatable bonds is 4. The number of piperidine rings is 1. The van der Waals surface area contributed by atoms with Crippen LogP contribution >= 0.6 is 0 Å². The Hall–Kier alpha value is -2.21. The van der Waals surface area contributed by atoms with Gasteiger partial charge in [-0.15, -0.1) is 0 Å². The van der Waals surface area contributed by atoms with Crippen LogP contribution in [-0.4, -0.2) is 58.7 Å². The molecule has 2 heterocycles. The van der Waals surface area contributed by atoms with E-state index in [9.17, 15) is 14.4 Å². The van der Waals surface area contributed by atoms with Gasteiger partial charge in [0.2, 0.25) is 0 Å². The molecule has 5 rings (SSSR count). The van der Waals surface area contributed by atoms with E-state index in [1.54, 1.807) is 18.2 Å². The van der Waals surface area contributed by atoms with E-state index in [4.69, 9.17) is 0 Å². The Kier molecular flexibility index (Phi) is 4.90. The Labute approximate surface area is 171 Å². The molecular weight excluding hydrogens is 366 g/mol. The number of benzene rings is 1. The average molecular weight is 396 g/mol. The van der Waals surface area contributed by atoms with Gasteiger partial charge in [-0.25, -0.2) is 0 Å². The number of carbonyl (C=O) groups excluding carboxylic acids is 3. The van der Waals surface area contributed by atoms with Gasteiger partial charge < -0.3 is 10.2 Å². The highest BCUT2D eigenvalue weighted by molar-refractivity contribution is 6.22. The second-order valence-corrected chi connectivity index (χ2v) is 9.05. The molecule has 0 unspecified atom stereocenters. The number of nitrogens with zero attached hydrogens (tertiary/aromatic N) is 2. The van der Waals surface area contributed by atoms with Crippen molar-refractivity contribution in [3.63, 3.8) is 0 Å². The highest BCUT2D eigenvalue weighted by Gasteiger charge is 2.40. The summed E-state index contributed by atoms with van der Waals surface area (Å²) in [5.41, 5.74) is 1.30. The number of fused-ring (bicyclic) bond motifs is 1. The normalized spacial score (nSPS) is 24.1. The molecule has 29 heavy (non-hydrogen) atoms. The van der Waals surface area contributed by atoms with Crippen molar-refractivity contribution in [1.29, 1.82) is 0 Å². The maximum atomic E-state index is 12.9. The number of imide groups is 1. The molecule has 1 saturated heterocycles. The van der Waals surface area contributed by atoms with Crippen LogP contribution in [0.25, 0.3) is 0 Å². The highest BCUT2D eigenvalue weighted by atomic mass is 16.2. The van der Waals surface area contributed by atoms with Crippen LogP contribution in [0.3, 0.4) is 0 Å². The first-order valence-corrected chi connectivity index (χ1v) is 11.2. The zero-order valence-electron chi connectivity index (χ0n) is 16.9. The lowest BCUT2D eigenvalue weighted by molar-refractivity contribution is 0.0548. The molecule has 154 valence electrons. The third-order valence-corrected chi connectivity index (χ3v) is 7.05. The number of hydrogen-bond donors (Lipinski definition) is 1. The lowest BCUT2D eigenvalue weighted by Crippen LogP contribution is -2.45. The Morgan fingerprint density at radius 2 is 1.52 bits per heavy atom. The Morgan fingerprint density at radius 1 is 0.828 bits per heavy atom. The van der Waals surface area contributed by atoms with Crippen molar-refractivity contribution in [2.45, 2.75) is 75.9 Å². The first-order valence-electron chi connectivity index (χ1n) is 11.2. The molecule has 4 aliphatic rings.